The third kappa shape index (κ3) is 1.71. The normalized spacial score (nSPS) is 9.60. The summed E-state index contributed by atoms with van der Waals surface area (Å²) < 4.78 is 0. The lowest BCUT2D eigenvalue weighted by Crippen LogP contribution is -1.88. The van der Waals surface area contributed by atoms with Crippen molar-refractivity contribution >= 4 is 22.8 Å². The standard InChI is InChI=1S/C9H6N4O2/c10-8-6-3-5(1-2-7(14)15)4-11-9(6)13-12-8/h3-4H,(H,14,15)(H3,10,11,12,13). The second kappa shape index (κ2) is 3.31. The number of nitrogens with two attached hydrogens (primary N) is 1. The number of aliphatic carboxylic acids is 1. The van der Waals surface area contributed by atoms with Gasteiger partial charge in [-0.3, -0.25) is 5.10 Å². The van der Waals surface area contributed by atoms with Crippen molar-refractivity contribution in [2.45, 2.75) is 0 Å². The van der Waals surface area contributed by atoms with Gasteiger partial charge in [-0.1, -0.05) is 5.92 Å². The number of aromatic amines is 1. The Bertz CT molecular complexity index is 591. The molecular formula is C9H6N4O2. The van der Waals surface area contributed by atoms with Gasteiger partial charge in [0.15, 0.2) is 5.65 Å². The van der Waals surface area contributed by atoms with E-state index in [0.29, 0.717) is 22.4 Å². The Kier molecular flexibility index (Phi) is 1.99. The molecule has 0 fully saturated rings. The SMILES string of the molecule is Nc1[nH]nc2ncc(C#CC(=O)O)cc12. The van der Waals surface area contributed by atoms with Crippen LogP contribution in [0.2, 0.25) is 0 Å². The molecule has 0 saturated carbocycles. The van der Waals surface area contributed by atoms with E-state index >= 15 is 0 Å². The van der Waals surface area contributed by atoms with Crippen LogP contribution in [0.25, 0.3) is 11.0 Å². The number of H-pyrrole nitrogens is 1. The van der Waals surface area contributed by atoms with Crippen LogP contribution < -0.4 is 5.73 Å². The van der Waals surface area contributed by atoms with Gasteiger partial charge in [0.25, 0.3) is 0 Å². The number of pyridine rings is 1. The maximum Gasteiger partial charge on any atom is 0.382 e. The lowest BCUT2D eigenvalue weighted by Gasteiger charge is -1.90. The number of hydrogen-bond donors (Lipinski definition) is 3. The highest BCUT2D eigenvalue weighted by atomic mass is 16.4. The van der Waals surface area contributed by atoms with Gasteiger partial charge in [0.2, 0.25) is 0 Å². The first kappa shape index (κ1) is 9.02. The average Bonchev–Trinajstić information content (AvgIpc) is 2.57. The molecule has 0 spiro atoms. The molecule has 2 aromatic rings. The van der Waals surface area contributed by atoms with Gasteiger partial charge in [0.05, 0.1) is 5.39 Å². The van der Waals surface area contributed by atoms with E-state index in [9.17, 15) is 4.79 Å². The minimum absolute atomic E-state index is 0.386. The van der Waals surface area contributed by atoms with E-state index in [1.165, 1.54) is 6.20 Å². The minimum Gasteiger partial charge on any atom is -0.472 e. The number of nitrogens with zero attached hydrogens (tertiary/aromatic N) is 2. The molecule has 6 heteroatoms. The van der Waals surface area contributed by atoms with Gasteiger partial charge in [-0.15, -0.1) is 0 Å². The summed E-state index contributed by atoms with van der Waals surface area (Å²) in [6.45, 7) is 0. The molecule has 74 valence electrons. The molecule has 0 atom stereocenters. The summed E-state index contributed by atoms with van der Waals surface area (Å²) in [6.07, 6.45) is 1.44. The number of carboxylic acids is 1. The topological polar surface area (TPSA) is 105 Å². The van der Waals surface area contributed by atoms with Crippen molar-refractivity contribution < 1.29 is 9.90 Å². The van der Waals surface area contributed by atoms with Gasteiger partial charge in [-0.05, 0) is 6.07 Å². The first-order chi connectivity index (χ1) is 7.16. The van der Waals surface area contributed by atoms with E-state index in [1.54, 1.807) is 6.07 Å². The number of anilines is 1. The van der Waals surface area contributed by atoms with Crippen molar-refractivity contribution in [3.8, 4) is 11.8 Å². The quantitative estimate of drug-likeness (QED) is 0.520. The number of rotatable bonds is 0. The van der Waals surface area contributed by atoms with Crippen molar-refractivity contribution in [2.75, 3.05) is 5.73 Å². The molecule has 4 N–H and O–H groups in total. The summed E-state index contributed by atoms with van der Waals surface area (Å²) in [5.74, 6) is 3.64. The largest absolute Gasteiger partial charge is 0.472 e. The third-order valence-electron chi connectivity index (χ3n) is 1.75. The molecule has 2 heterocycles. The summed E-state index contributed by atoms with van der Waals surface area (Å²) in [5.41, 5.74) is 6.54. The predicted molar refractivity (Wildman–Crippen MR) is 52.8 cm³/mol. The molecular weight excluding hydrogens is 196 g/mol. The minimum atomic E-state index is -1.18. The van der Waals surface area contributed by atoms with Crippen LogP contribution >= 0.6 is 0 Å². The van der Waals surface area contributed by atoms with Gasteiger partial charge in [0, 0.05) is 17.7 Å². The molecule has 0 bridgehead atoms. The zero-order chi connectivity index (χ0) is 10.8. The van der Waals surface area contributed by atoms with Crippen LogP contribution in [-0.4, -0.2) is 26.3 Å². The summed E-state index contributed by atoms with van der Waals surface area (Å²) >= 11 is 0. The molecule has 2 aromatic heterocycles. The molecule has 2 rings (SSSR count). The molecule has 0 amide bonds. The van der Waals surface area contributed by atoms with Crippen molar-refractivity contribution in [2.24, 2.45) is 0 Å². The van der Waals surface area contributed by atoms with Gasteiger partial charge >= 0.3 is 5.97 Å². The second-order valence-corrected chi connectivity index (χ2v) is 2.79. The van der Waals surface area contributed by atoms with E-state index in [0.717, 1.165) is 0 Å². The number of fused-ring (bicyclic) bond motifs is 1. The zero-order valence-corrected chi connectivity index (χ0v) is 7.48. The van der Waals surface area contributed by atoms with Crippen LogP contribution in [0, 0.1) is 11.8 Å². The van der Waals surface area contributed by atoms with E-state index < -0.39 is 5.97 Å². The Morgan fingerprint density at radius 1 is 1.60 bits per heavy atom. The van der Waals surface area contributed by atoms with Gasteiger partial charge in [-0.2, -0.15) is 5.10 Å². The smallest absolute Gasteiger partial charge is 0.382 e. The van der Waals surface area contributed by atoms with Crippen molar-refractivity contribution in [3.05, 3.63) is 17.8 Å². The first-order valence-corrected chi connectivity index (χ1v) is 4.01. The van der Waals surface area contributed by atoms with Gasteiger partial charge < -0.3 is 10.8 Å². The number of nitrogens with one attached hydrogen (secondary N) is 1. The van der Waals surface area contributed by atoms with E-state index in [-0.39, 0.29) is 0 Å². The monoisotopic (exact) mass is 202 g/mol. The lowest BCUT2D eigenvalue weighted by atomic mass is 10.2. The predicted octanol–water partition coefficient (Wildman–Crippen LogP) is -0.0238. The van der Waals surface area contributed by atoms with Crippen LogP contribution in [0.15, 0.2) is 12.3 Å². The summed E-state index contributed by atoms with van der Waals surface area (Å²) in [7, 11) is 0. The fraction of sp³-hybridized carbons (Fsp3) is 0. The fourth-order valence-electron chi connectivity index (χ4n) is 1.11. The summed E-state index contributed by atoms with van der Waals surface area (Å²) in [4.78, 5) is 14.2. The number of hydrogen-bond acceptors (Lipinski definition) is 4. The molecule has 0 unspecified atom stereocenters. The number of carboxylic acid groups (broad SMARTS) is 1. The van der Waals surface area contributed by atoms with Crippen LogP contribution in [0.3, 0.4) is 0 Å². The molecule has 0 aliphatic carbocycles. The Morgan fingerprint density at radius 2 is 2.40 bits per heavy atom. The maximum atomic E-state index is 10.2. The molecule has 0 radical (unpaired) electrons. The van der Waals surface area contributed by atoms with Gasteiger partial charge in [0.1, 0.15) is 5.82 Å². The van der Waals surface area contributed by atoms with Gasteiger partial charge in [-0.25, -0.2) is 9.78 Å². The highest BCUT2D eigenvalue weighted by Gasteiger charge is 2.02. The van der Waals surface area contributed by atoms with E-state index in [2.05, 4.69) is 21.1 Å². The Hall–Kier alpha value is -2.55. The van der Waals surface area contributed by atoms with Crippen LogP contribution in [0.1, 0.15) is 5.56 Å². The summed E-state index contributed by atoms with van der Waals surface area (Å²) in [6, 6.07) is 1.64. The third-order valence-corrected chi connectivity index (χ3v) is 1.75. The first-order valence-electron chi connectivity index (χ1n) is 4.01. The van der Waals surface area contributed by atoms with Crippen molar-refractivity contribution in [1.82, 2.24) is 15.2 Å². The Balaban J connectivity index is 2.52. The Labute approximate surface area is 84.1 Å². The zero-order valence-electron chi connectivity index (χ0n) is 7.48. The number of carbonyl (C=O) groups is 1. The molecule has 0 aromatic carbocycles. The fourth-order valence-corrected chi connectivity index (χ4v) is 1.11. The van der Waals surface area contributed by atoms with Crippen molar-refractivity contribution in [3.63, 3.8) is 0 Å². The van der Waals surface area contributed by atoms with Crippen LogP contribution in [0.5, 0.6) is 0 Å². The molecule has 0 aliphatic heterocycles. The molecule has 6 nitrogen and oxygen atoms in total. The van der Waals surface area contributed by atoms with E-state index in [4.69, 9.17) is 10.8 Å². The molecule has 0 aliphatic rings. The van der Waals surface area contributed by atoms with Crippen LogP contribution in [0.4, 0.5) is 5.82 Å². The molecule has 15 heavy (non-hydrogen) atoms. The number of nitrogen functional groups attached to an aromatic ring is 1. The second-order valence-electron chi connectivity index (χ2n) is 2.79. The van der Waals surface area contributed by atoms with Crippen molar-refractivity contribution in [1.29, 1.82) is 0 Å². The average molecular weight is 202 g/mol. The highest BCUT2D eigenvalue weighted by molar-refractivity contribution is 5.89. The highest BCUT2D eigenvalue weighted by Crippen LogP contribution is 2.15. The van der Waals surface area contributed by atoms with E-state index in [1.807, 2.05) is 5.92 Å². The number of aromatic nitrogens is 3. The maximum absolute atomic E-state index is 10.2. The summed E-state index contributed by atoms with van der Waals surface area (Å²) in [5, 5.41) is 15.4. The lowest BCUT2D eigenvalue weighted by molar-refractivity contribution is -0.130. The van der Waals surface area contributed by atoms with Crippen LogP contribution in [-0.2, 0) is 4.79 Å². The molecule has 0 saturated heterocycles. The Morgan fingerprint density at radius 3 is 3.13 bits per heavy atom.